The highest BCUT2D eigenvalue weighted by Gasteiger charge is 2.22. The van der Waals surface area contributed by atoms with Crippen LogP contribution in [0.1, 0.15) is 39.5 Å². The highest BCUT2D eigenvalue weighted by atomic mass is 16.5. The molecule has 0 aromatic heterocycles. The average Bonchev–Trinajstić information content (AvgIpc) is 2.30. The molecule has 0 amide bonds. The van der Waals surface area contributed by atoms with Crippen molar-refractivity contribution in [3.63, 3.8) is 0 Å². The normalized spacial score (nSPS) is 22.9. The van der Waals surface area contributed by atoms with Gasteiger partial charge in [0.2, 0.25) is 0 Å². The molecule has 2 nitrogen and oxygen atoms in total. The van der Waals surface area contributed by atoms with Crippen LogP contribution in [0.5, 0.6) is 0 Å². The first-order chi connectivity index (χ1) is 7.38. The summed E-state index contributed by atoms with van der Waals surface area (Å²) in [6.45, 7) is 7.05. The fourth-order valence-electron chi connectivity index (χ4n) is 2.03. The molecule has 1 rings (SSSR count). The van der Waals surface area contributed by atoms with Gasteiger partial charge in [0.15, 0.2) is 0 Å². The van der Waals surface area contributed by atoms with Gasteiger partial charge in [0, 0.05) is 19.1 Å². The maximum atomic E-state index is 5.53. The predicted molar refractivity (Wildman–Crippen MR) is 63.7 cm³/mol. The van der Waals surface area contributed by atoms with Crippen molar-refractivity contribution in [2.45, 2.75) is 45.6 Å². The van der Waals surface area contributed by atoms with E-state index in [-0.39, 0.29) is 0 Å². The van der Waals surface area contributed by atoms with Gasteiger partial charge in [-0.15, -0.1) is 11.8 Å². The maximum absolute atomic E-state index is 5.53. The third-order valence-corrected chi connectivity index (χ3v) is 2.92. The molecule has 0 aromatic carbocycles. The van der Waals surface area contributed by atoms with Crippen molar-refractivity contribution in [3.05, 3.63) is 0 Å². The molecule has 1 aliphatic rings. The summed E-state index contributed by atoms with van der Waals surface area (Å²) in [5.74, 6) is 6.83. The summed E-state index contributed by atoms with van der Waals surface area (Å²) in [7, 11) is 0. The molecule has 0 aromatic rings. The van der Waals surface area contributed by atoms with Gasteiger partial charge in [0.05, 0.1) is 6.61 Å². The Hall–Kier alpha value is -0.520. The molecular weight excluding hydrogens is 186 g/mol. The Morgan fingerprint density at radius 1 is 1.53 bits per heavy atom. The van der Waals surface area contributed by atoms with E-state index >= 15 is 0 Å². The van der Waals surface area contributed by atoms with E-state index in [2.05, 4.69) is 24.1 Å². The summed E-state index contributed by atoms with van der Waals surface area (Å²) in [6.07, 6.45) is 4.63. The summed E-state index contributed by atoms with van der Waals surface area (Å²) in [5, 5.41) is 3.59. The molecular formula is C13H23NO. The highest BCUT2D eigenvalue weighted by Crippen LogP contribution is 2.19. The molecule has 1 saturated heterocycles. The van der Waals surface area contributed by atoms with Gasteiger partial charge in [-0.3, -0.25) is 0 Å². The SMILES string of the molecule is CC#CCC(NCCC)C1CCCOC1. The second-order valence-electron chi connectivity index (χ2n) is 4.17. The Balaban J connectivity index is 2.39. The maximum Gasteiger partial charge on any atom is 0.0509 e. The molecule has 1 heterocycles. The lowest BCUT2D eigenvalue weighted by molar-refractivity contribution is 0.0400. The zero-order chi connectivity index (χ0) is 10.9. The van der Waals surface area contributed by atoms with E-state index in [4.69, 9.17) is 4.74 Å². The van der Waals surface area contributed by atoms with E-state index in [1.165, 1.54) is 19.3 Å². The molecule has 0 saturated carbocycles. The van der Waals surface area contributed by atoms with Gasteiger partial charge in [0.25, 0.3) is 0 Å². The van der Waals surface area contributed by atoms with Crippen LogP contribution in [0, 0.1) is 17.8 Å². The average molecular weight is 209 g/mol. The Labute approximate surface area is 93.8 Å². The van der Waals surface area contributed by atoms with Crippen LogP contribution < -0.4 is 5.32 Å². The Morgan fingerprint density at radius 2 is 2.40 bits per heavy atom. The number of nitrogens with one attached hydrogen (secondary N) is 1. The van der Waals surface area contributed by atoms with Gasteiger partial charge >= 0.3 is 0 Å². The van der Waals surface area contributed by atoms with Gasteiger partial charge in [-0.1, -0.05) is 6.92 Å². The lowest BCUT2D eigenvalue weighted by atomic mass is 9.91. The second-order valence-corrected chi connectivity index (χ2v) is 4.17. The topological polar surface area (TPSA) is 21.3 Å². The van der Waals surface area contributed by atoms with E-state index in [0.717, 1.165) is 26.2 Å². The molecule has 1 aliphatic heterocycles. The number of rotatable bonds is 5. The van der Waals surface area contributed by atoms with Gasteiger partial charge in [0.1, 0.15) is 0 Å². The van der Waals surface area contributed by atoms with Crippen LogP contribution in [-0.4, -0.2) is 25.8 Å². The second kappa shape index (κ2) is 7.73. The van der Waals surface area contributed by atoms with Crippen LogP contribution in [0.2, 0.25) is 0 Å². The minimum Gasteiger partial charge on any atom is -0.381 e. The lowest BCUT2D eigenvalue weighted by Gasteiger charge is -2.29. The van der Waals surface area contributed by atoms with Gasteiger partial charge < -0.3 is 10.1 Å². The van der Waals surface area contributed by atoms with Gasteiger partial charge in [-0.2, -0.15) is 0 Å². The summed E-state index contributed by atoms with van der Waals surface area (Å²) in [4.78, 5) is 0. The van der Waals surface area contributed by atoms with Crippen LogP contribution in [0.25, 0.3) is 0 Å². The summed E-state index contributed by atoms with van der Waals surface area (Å²) in [6, 6.07) is 0.526. The smallest absolute Gasteiger partial charge is 0.0509 e. The summed E-state index contributed by atoms with van der Waals surface area (Å²) >= 11 is 0. The molecule has 2 unspecified atom stereocenters. The van der Waals surface area contributed by atoms with Crippen molar-refractivity contribution in [3.8, 4) is 11.8 Å². The third-order valence-electron chi connectivity index (χ3n) is 2.92. The minimum atomic E-state index is 0.526. The van der Waals surface area contributed by atoms with Crippen LogP contribution in [0.4, 0.5) is 0 Å². The van der Waals surface area contributed by atoms with Crippen LogP contribution >= 0.6 is 0 Å². The fourth-order valence-corrected chi connectivity index (χ4v) is 2.03. The number of hydrogen-bond donors (Lipinski definition) is 1. The van der Waals surface area contributed by atoms with Crippen molar-refractivity contribution < 1.29 is 4.74 Å². The monoisotopic (exact) mass is 209 g/mol. The van der Waals surface area contributed by atoms with Crippen molar-refractivity contribution in [2.75, 3.05) is 19.8 Å². The molecule has 0 aliphatic carbocycles. The van der Waals surface area contributed by atoms with Crippen LogP contribution in [0.15, 0.2) is 0 Å². The molecule has 0 radical (unpaired) electrons. The van der Waals surface area contributed by atoms with Gasteiger partial charge in [-0.25, -0.2) is 0 Å². The molecule has 15 heavy (non-hydrogen) atoms. The molecule has 2 atom stereocenters. The lowest BCUT2D eigenvalue weighted by Crippen LogP contribution is -2.40. The van der Waals surface area contributed by atoms with Gasteiger partial charge in [-0.05, 0) is 38.6 Å². The van der Waals surface area contributed by atoms with E-state index in [1.54, 1.807) is 0 Å². The van der Waals surface area contributed by atoms with Crippen molar-refractivity contribution >= 4 is 0 Å². The molecule has 1 fully saturated rings. The highest BCUT2D eigenvalue weighted by molar-refractivity contribution is 4.99. The quantitative estimate of drug-likeness (QED) is 0.701. The van der Waals surface area contributed by atoms with Crippen LogP contribution in [-0.2, 0) is 4.74 Å². The molecule has 86 valence electrons. The molecule has 0 bridgehead atoms. The Morgan fingerprint density at radius 3 is 3.00 bits per heavy atom. The largest absolute Gasteiger partial charge is 0.381 e. The van der Waals surface area contributed by atoms with E-state index in [9.17, 15) is 0 Å². The van der Waals surface area contributed by atoms with Crippen molar-refractivity contribution in [1.82, 2.24) is 5.32 Å². The van der Waals surface area contributed by atoms with Crippen LogP contribution in [0.3, 0.4) is 0 Å². The Bertz CT molecular complexity index is 210. The van der Waals surface area contributed by atoms with E-state index < -0.39 is 0 Å². The van der Waals surface area contributed by atoms with E-state index in [0.29, 0.717) is 12.0 Å². The first-order valence-corrected chi connectivity index (χ1v) is 6.09. The van der Waals surface area contributed by atoms with E-state index in [1.807, 2.05) is 6.92 Å². The molecule has 1 N–H and O–H groups in total. The number of ether oxygens (including phenoxy) is 1. The summed E-state index contributed by atoms with van der Waals surface area (Å²) < 4.78 is 5.53. The van der Waals surface area contributed by atoms with Crippen molar-refractivity contribution in [2.24, 2.45) is 5.92 Å². The fraction of sp³-hybridized carbons (Fsp3) is 0.846. The zero-order valence-corrected chi connectivity index (χ0v) is 10.0. The number of hydrogen-bond acceptors (Lipinski definition) is 2. The zero-order valence-electron chi connectivity index (χ0n) is 10.0. The molecule has 2 heteroatoms. The standard InChI is InChI=1S/C13H23NO/c1-3-5-8-13(14-9-4-2)12-7-6-10-15-11-12/h12-14H,4,6-11H2,1-2H3. The molecule has 0 spiro atoms. The minimum absolute atomic E-state index is 0.526. The predicted octanol–water partition coefficient (Wildman–Crippen LogP) is 2.19. The third kappa shape index (κ3) is 4.68. The van der Waals surface area contributed by atoms with Crippen molar-refractivity contribution in [1.29, 1.82) is 0 Å². The Kier molecular flexibility index (Phi) is 6.47. The first-order valence-electron chi connectivity index (χ1n) is 6.09. The summed E-state index contributed by atoms with van der Waals surface area (Å²) in [5.41, 5.74) is 0. The first kappa shape index (κ1) is 12.5.